The topological polar surface area (TPSA) is 38.7 Å². The fourth-order valence-electron chi connectivity index (χ4n) is 1.54. The number of carbonyl (C=O) groups excluding carboxylic acids is 1. The van der Waals surface area contributed by atoms with E-state index < -0.39 is 0 Å². The molecule has 2 rings (SSSR count). The van der Waals surface area contributed by atoms with Gasteiger partial charge in [-0.1, -0.05) is 15.9 Å². The maximum Gasteiger partial charge on any atom is 0.244 e. The molecule has 1 heterocycles. The highest BCUT2D eigenvalue weighted by Gasteiger charge is 2.21. The first-order valence-electron chi connectivity index (χ1n) is 5.63. The first-order chi connectivity index (χ1) is 9.13. The predicted octanol–water partition coefficient (Wildman–Crippen LogP) is 4.18. The molecule has 0 saturated heterocycles. The minimum absolute atomic E-state index is 0.0215. The van der Waals surface area contributed by atoms with Gasteiger partial charge in [-0.25, -0.2) is 4.99 Å². The van der Waals surface area contributed by atoms with Crippen molar-refractivity contribution in [3.8, 4) is 5.75 Å². The van der Waals surface area contributed by atoms with Gasteiger partial charge in [0.1, 0.15) is 15.8 Å². The number of hydrogen-bond acceptors (Lipinski definition) is 5. The second-order valence-electron chi connectivity index (χ2n) is 3.62. The third-order valence-electron chi connectivity index (χ3n) is 2.34. The average molecular weight is 358 g/mol. The molecule has 0 atom stereocenters. The van der Waals surface area contributed by atoms with E-state index in [4.69, 9.17) is 4.74 Å². The molecule has 0 saturated carbocycles. The van der Waals surface area contributed by atoms with E-state index in [1.165, 1.54) is 23.5 Å². The minimum atomic E-state index is -0.0215. The first kappa shape index (κ1) is 14.7. The Bertz CT molecular complexity index is 570. The molecule has 1 aromatic rings. The fraction of sp³-hybridized carbons (Fsp3) is 0.231. The summed E-state index contributed by atoms with van der Waals surface area (Å²) in [4.78, 5) is 16.1. The van der Waals surface area contributed by atoms with Crippen LogP contribution in [0.3, 0.4) is 0 Å². The molecule has 0 aromatic heterocycles. The van der Waals surface area contributed by atoms with E-state index in [1.807, 2.05) is 31.4 Å². The number of benzene rings is 1. The van der Waals surface area contributed by atoms with Gasteiger partial charge in [0.15, 0.2) is 0 Å². The number of carbonyl (C=O) groups is 1. The van der Waals surface area contributed by atoms with Crippen LogP contribution in [-0.4, -0.2) is 22.4 Å². The van der Waals surface area contributed by atoms with Crippen molar-refractivity contribution in [3.63, 3.8) is 0 Å². The molecule has 0 N–H and O–H groups in total. The van der Waals surface area contributed by atoms with Crippen LogP contribution in [0.25, 0.3) is 6.08 Å². The summed E-state index contributed by atoms with van der Waals surface area (Å²) in [6.07, 6.45) is 3.68. The maximum absolute atomic E-state index is 11.8. The van der Waals surface area contributed by atoms with E-state index in [1.54, 1.807) is 6.08 Å². The number of ether oxygens (including phenoxy) is 1. The smallest absolute Gasteiger partial charge is 0.244 e. The zero-order valence-corrected chi connectivity index (χ0v) is 13.7. The van der Waals surface area contributed by atoms with Crippen LogP contribution in [0.5, 0.6) is 5.75 Å². The van der Waals surface area contributed by atoms with Crippen molar-refractivity contribution >= 4 is 55.0 Å². The van der Waals surface area contributed by atoms with Gasteiger partial charge >= 0.3 is 0 Å². The average Bonchev–Trinajstić information content (AvgIpc) is 2.74. The highest BCUT2D eigenvalue weighted by Crippen LogP contribution is 2.32. The monoisotopic (exact) mass is 357 g/mol. The largest absolute Gasteiger partial charge is 0.493 e. The Morgan fingerprint density at radius 3 is 2.95 bits per heavy atom. The van der Waals surface area contributed by atoms with Gasteiger partial charge in [-0.05, 0) is 49.2 Å². The third-order valence-corrected chi connectivity index (χ3v) is 4.68. The van der Waals surface area contributed by atoms with Gasteiger partial charge in [-0.15, -0.1) is 11.8 Å². The molecule has 0 amide bonds. The fourth-order valence-corrected chi connectivity index (χ4v) is 3.18. The minimum Gasteiger partial charge on any atom is -0.493 e. The van der Waals surface area contributed by atoms with E-state index in [-0.39, 0.29) is 5.12 Å². The molecule has 100 valence electrons. The van der Waals surface area contributed by atoms with Gasteiger partial charge in [0.05, 0.1) is 6.61 Å². The Hall–Kier alpha value is -0.720. The van der Waals surface area contributed by atoms with Crippen molar-refractivity contribution in [2.24, 2.45) is 4.99 Å². The van der Waals surface area contributed by atoms with Crippen LogP contribution in [0.15, 0.2) is 33.4 Å². The van der Waals surface area contributed by atoms with Gasteiger partial charge < -0.3 is 4.74 Å². The molecule has 0 unspecified atom stereocenters. The Balaban J connectivity index is 2.39. The number of nitrogens with zero attached hydrogens (tertiary/aromatic N) is 1. The summed E-state index contributed by atoms with van der Waals surface area (Å²) in [5.74, 6) is 0.754. The Kier molecular flexibility index (Phi) is 5.13. The number of hydrogen-bond donors (Lipinski definition) is 0. The van der Waals surface area contributed by atoms with E-state index in [2.05, 4.69) is 20.9 Å². The second kappa shape index (κ2) is 6.63. The van der Waals surface area contributed by atoms with Crippen molar-refractivity contribution in [2.45, 2.75) is 6.92 Å². The highest BCUT2D eigenvalue weighted by molar-refractivity contribution is 9.10. The van der Waals surface area contributed by atoms with Gasteiger partial charge in [-0.3, -0.25) is 4.79 Å². The molecular formula is C13H12BrNO2S2. The molecule has 0 fully saturated rings. The van der Waals surface area contributed by atoms with E-state index >= 15 is 0 Å². The van der Waals surface area contributed by atoms with Crippen LogP contribution in [0.1, 0.15) is 12.5 Å². The van der Waals surface area contributed by atoms with E-state index in [0.717, 1.165) is 20.2 Å². The van der Waals surface area contributed by atoms with Crippen LogP contribution in [0.4, 0.5) is 0 Å². The summed E-state index contributed by atoms with van der Waals surface area (Å²) < 4.78 is 7.27. The van der Waals surface area contributed by atoms with Crippen LogP contribution >= 0.6 is 39.5 Å². The molecule has 0 radical (unpaired) electrons. The Labute approximate surface area is 129 Å². The zero-order chi connectivity index (χ0) is 13.8. The van der Waals surface area contributed by atoms with Crippen LogP contribution in [0, 0.1) is 0 Å². The molecule has 6 heteroatoms. The van der Waals surface area contributed by atoms with Crippen LogP contribution in [0.2, 0.25) is 0 Å². The summed E-state index contributed by atoms with van der Waals surface area (Å²) >= 11 is 6.07. The lowest BCUT2D eigenvalue weighted by atomic mass is 10.1. The van der Waals surface area contributed by atoms with Gasteiger partial charge in [-0.2, -0.15) is 0 Å². The lowest BCUT2D eigenvalue weighted by molar-refractivity contribution is -0.107. The molecule has 0 spiro atoms. The normalized spacial score (nSPS) is 16.9. The number of aliphatic imine (C=N–C) groups is 1. The summed E-state index contributed by atoms with van der Waals surface area (Å²) in [5.41, 5.74) is 1.32. The number of thioether (sulfide) groups is 2. The molecule has 1 aliphatic heterocycles. The van der Waals surface area contributed by atoms with Gasteiger partial charge in [0.2, 0.25) is 5.12 Å². The van der Waals surface area contributed by atoms with Crippen molar-refractivity contribution in [1.82, 2.24) is 0 Å². The summed E-state index contributed by atoms with van der Waals surface area (Å²) in [5, 5.41) is -0.0215. The molecule has 0 bridgehead atoms. The van der Waals surface area contributed by atoms with E-state index in [9.17, 15) is 4.79 Å². The molecular weight excluding hydrogens is 346 g/mol. The SMILES string of the molecule is CCOc1ccc(Br)cc1C=C1N=C(SC)SC1=O. The molecule has 3 nitrogen and oxygen atoms in total. The third kappa shape index (κ3) is 3.64. The van der Waals surface area contributed by atoms with Crippen molar-refractivity contribution in [3.05, 3.63) is 33.9 Å². The second-order valence-corrected chi connectivity index (χ2v) is 6.55. The molecule has 1 aliphatic rings. The quantitative estimate of drug-likeness (QED) is 0.760. The van der Waals surface area contributed by atoms with Crippen LogP contribution < -0.4 is 4.74 Å². The van der Waals surface area contributed by atoms with E-state index in [0.29, 0.717) is 12.3 Å². The van der Waals surface area contributed by atoms with Crippen molar-refractivity contribution in [2.75, 3.05) is 12.9 Å². The predicted molar refractivity (Wildman–Crippen MR) is 86.8 cm³/mol. The van der Waals surface area contributed by atoms with Crippen molar-refractivity contribution in [1.29, 1.82) is 0 Å². The summed E-state index contributed by atoms with van der Waals surface area (Å²) in [7, 11) is 0. The molecule has 19 heavy (non-hydrogen) atoms. The standard InChI is InChI=1S/C13H12BrNO2S2/c1-3-17-11-5-4-9(14)6-8(11)7-10-12(16)19-13(15-10)18-2/h4-7H,3H2,1-2H3. The Morgan fingerprint density at radius 1 is 1.53 bits per heavy atom. The summed E-state index contributed by atoms with van der Waals surface area (Å²) in [6.45, 7) is 2.51. The Morgan fingerprint density at radius 2 is 2.32 bits per heavy atom. The first-order valence-corrected chi connectivity index (χ1v) is 8.46. The summed E-state index contributed by atoms with van der Waals surface area (Å²) in [6, 6.07) is 5.71. The van der Waals surface area contributed by atoms with Gasteiger partial charge in [0.25, 0.3) is 0 Å². The van der Waals surface area contributed by atoms with Gasteiger partial charge in [0, 0.05) is 10.0 Å². The lowest BCUT2D eigenvalue weighted by Crippen LogP contribution is -1.95. The zero-order valence-electron chi connectivity index (χ0n) is 10.5. The number of rotatable bonds is 3. The highest BCUT2D eigenvalue weighted by atomic mass is 79.9. The lowest BCUT2D eigenvalue weighted by Gasteiger charge is -2.07. The number of halogens is 1. The molecule has 1 aromatic carbocycles. The van der Waals surface area contributed by atoms with Crippen LogP contribution in [-0.2, 0) is 4.79 Å². The van der Waals surface area contributed by atoms with Crippen molar-refractivity contribution < 1.29 is 9.53 Å². The molecule has 0 aliphatic carbocycles. The maximum atomic E-state index is 11.8.